The van der Waals surface area contributed by atoms with E-state index < -0.39 is 0 Å². The lowest BCUT2D eigenvalue weighted by molar-refractivity contribution is 0.153. The monoisotopic (exact) mass is 476 g/mol. The molecule has 7 heteroatoms. The van der Waals surface area contributed by atoms with E-state index in [-0.39, 0.29) is 5.92 Å². The number of pyridine rings is 2. The van der Waals surface area contributed by atoms with Gasteiger partial charge in [-0.2, -0.15) is 0 Å². The van der Waals surface area contributed by atoms with Crippen LogP contribution in [-0.2, 0) is 0 Å². The van der Waals surface area contributed by atoms with Crippen molar-refractivity contribution in [3.8, 4) is 5.75 Å². The molecule has 2 aromatic rings. The van der Waals surface area contributed by atoms with Gasteiger partial charge in [-0.1, -0.05) is 31.1 Å². The van der Waals surface area contributed by atoms with Crippen molar-refractivity contribution in [3.63, 3.8) is 0 Å². The molecule has 1 saturated carbocycles. The Balaban J connectivity index is 1.75. The van der Waals surface area contributed by atoms with Gasteiger partial charge < -0.3 is 20.9 Å². The number of hydrazine groups is 1. The molecule has 3 rings (SSSR count). The van der Waals surface area contributed by atoms with Crippen molar-refractivity contribution in [2.45, 2.75) is 77.2 Å². The van der Waals surface area contributed by atoms with Crippen LogP contribution in [0.5, 0.6) is 5.75 Å². The van der Waals surface area contributed by atoms with Crippen LogP contribution in [0.2, 0.25) is 0 Å². The lowest BCUT2D eigenvalue weighted by atomic mass is 9.97. The predicted octanol–water partition coefficient (Wildman–Crippen LogP) is 5.40. The summed E-state index contributed by atoms with van der Waals surface area (Å²) in [4.78, 5) is 9.29. The third-order valence-electron chi connectivity index (χ3n) is 6.57. The zero-order chi connectivity index (χ0) is 25.0. The third kappa shape index (κ3) is 7.65. The molecule has 1 unspecified atom stereocenters. The molecule has 0 aromatic carbocycles. The van der Waals surface area contributed by atoms with Gasteiger partial charge in [-0.25, -0.2) is 4.98 Å². The van der Waals surface area contributed by atoms with Crippen LogP contribution in [0, 0.1) is 12.3 Å². The van der Waals surface area contributed by atoms with Crippen molar-refractivity contribution in [1.82, 2.24) is 20.7 Å². The summed E-state index contributed by atoms with van der Waals surface area (Å²) in [6.45, 7) is 4.13. The minimum Gasteiger partial charge on any atom is -0.489 e. The summed E-state index contributed by atoms with van der Waals surface area (Å²) in [5.41, 5.74) is 8.54. The summed E-state index contributed by atoms with van der Waals surface area (Å²) < 4.78 is 6.25. The molecule has 2 heterocycles. The van der Waals surface area contributed by atoms with Gasteiger partial charge >= 0.3 is 0 Å². The van der Waals surface area contributed by atoms with Crippen molar-refractivity contribution >= 4 is 11.9 Å². The fourth-order valence-electron chi connectivity index (χ4n) is 4.63. The summed E-state index contributed by atoms with van der Waals surface area (Å²) in [6.07, 6.45) is 13.9. The largest absolute Gasteiger partial charge is 0.489 e. The van der Waals surface area contributed by atoms with Crippen LogP contribution in [0.25, 0.3) is 5.70 Å². The van der Waals surface area contributed by atoms with Gasteiger partial charge in [0, 0.05) is 31.3 Å². The Morgan fingerprint density at radius 2 is 2.00 bits per heavy atom. The van der Waals surface area contributed by atoms with Crippen molar-refractivity contribution < 1.29 is 4.74 Å². The SMILES string of the molecule is CN/C(=C(/CC/C(=C/C(C)c1ccccn1)CC=N)NN)c1ccc(OC2CCCCC2)c(C)n1. The zero-order valence-corrected chi connectivity index (χ0v) is 21.3. The first-order valence-electron chi connectivity index (χ1n) is 12.7. The Bertz CT molecular complexity index is 1010. The molecule has 0 radical (unpaired) electrons. The van der Waals surface area contributed by atoms with Crippen molar-refractivity contribution in [2.24, 2.45) is 5.84 Å². The fraction of sp³-hybridized carbons (Fsp3) is 0.464. The van der Waals surface area contributed by atoms with Crippen molar-refractivity contribution in [2.75, 3.05) is 7.05 Å². The highest BCUT2D eigenvalue weighted by molar-refractivity contribution is 5.64. The summed E-state index contributed by atoms with van der Waals surface area (Å²) in [5, 5.41) is 10.9. The van der Waals surface area contributed by atoms with E-state index >= 15 is 0 Å². The van der Waals surface area contributed by atoms with E-state index in [1.807, 2.05) is 50.5 Å². The molecule has 1 aliphatic rings. The van der Waals surface area contributed by atoms with Crippen LogP contribution in [0.4, 0.5) is 0 Å². The highest BCUT2D eigenvalue weighted by atomic mass is 16.5. The maximum atomic E-state index is 7.64. The first-order valence-corrected chi connectivity index (χ1v) is 12.7. The van der Waals surface area contributed by atoms with Crippen LogP contribution in [0.1, 0.15) is 81.3 Å². The molecule has 2 aromatic heterocycles. The van der Waals surface area contributed by atoms with Crippen LogP contribution in [0.3, 0.4) is 0 Å². The first kappa shape index (κ1) is 26.4. The molecule has 0 aliphatic heterocycles. The normalized spacial score (nSPS) is 16.3. The topological polar surface area (TPSA) is 109 Å². The molecule has 7 nitrogen and oxygen atoms in total. The lowest BCUT2D eigenvalue weighted by Gasteiger charge is -2.24. The minimum absolute atomic E-state index is 0.175. The Labute approximate surface area is 209 Å². The number of nitrogens with two attached hydrogens (primary N) is 1. The predicted molar refractivity (Wildman–Crippen MR) is 143 cm³/mol. The third-order valence-corrected chi connectivity index (χ3v) is 6.57. The van der Waals surface area contributed by atoms with E-state index in [2.05, 4.69) is 28.7 Å². The number of ether oxygens (including phenoxy) is 1. The Kier molecular flexibility index (Phi) is 10.3. The summed E-state index contributed by atoms with van der Waals surface area (Å²) >= 11 is 0. The van der Waals surface area contributed by atoms with E-state index in [1.165, 1.54) is 31.1 Å². The molecule has 35 heavy (non-hydrogen) atoms. The molecular weight excluding hydrogens is 436 g/mol. The van der Waals surface area contributed by atoms with Crippen molar-refractivity contribution in [1.29, 1.82) is 5.41 Å². The number of aryl methyl sites for hydroxylation is 1. The second kappa shape index (κ2) is 13.6. The molecule has 188 valence electrons. The van der Waals surface area contributed by atoms with Gasteiger partial charge in [0.05, 0.1) is 28.9 Å². The Morgan fingerprint density at radius 3 is 2.63 bits per heavy atom. The number of aromatic nitrogens is 2. The van der Waals surface area contributed by atoms with Gasteiger partial charge in [0.1, 0.15) is 5.75 Å². The first-order chi connectivity index (χ1) is 17.0. The Hall–Kier alpha value is -3.19. The van der Waals surface area contributed by atoms with E-state index in [0.29, 0.717) is 18.9 Å². The van der Waals surface area contributed by atoms with Crippen LogP contribution in [0.15, 0.2) is 53.9 Å². The standard InChI is InChI=1S/C28H40N6O/c1-20(24-11-7-8-18-32-24)19-22(16-17-29)12-13-26(34-30)28(31-3)25-14-15-27(21(2)33-25)35-23-9-5-4-6-10-23/h7-8,11,14-15,17-20,23,29,31,34H,4-6,9-10,12-13,16,30H2,1-3H3/b22-19-,28-26-,29-17?. The number of hydrogen-bond donors (Lipinski definition) is 4. The van der Waals surface area contributed by atoms with E-state index in [4.69, 9.17) is 21.0 Å². The van der Waals surface area contributed by atoms with Gasteiger partial charge in [-0.05, 0) is 75.9 Å². The molecule has 5 N–H and O–H groups in total. The average Bonchev–Trinajstić information content (AvgIpc) is 2.89. The molecule has 0 spiro atoms. The average molecular weight is 477 g/mol. The zero-order valence-electron chi connectivity index (χ0n) is 21.3. The van der Waals surface area contributed by atoms with E-state index in [0.717, 1.165) is 53.5 Å². The van der Waals surface area contributed by atoms with Gasteiger partial charge in [0.25, 0.3) is 0 Å². The smallest absolute Gasteiger partial charge is 0.140 e. The molecule has 1 fully saturated rings. The second-order valence-corrected chi connectivity index (χ2v) is 9.18. The summed E-state index contributed by atoms with van der Waals surface area (Å²) in [6, 6.07) is 9.97. The molecule has 0 bridgehead atoms. The summed E-state index contributed by atoms with van der Waals surface area (Å²) in [5.74, 6) is 6.99. The maximum absolute atomic E-state index is 7.64. The minimum atomic E-state index is 0.175. The second-order valence-electron chi connectivity index (χ2n) is 9.18. The molecule has 0 saturated heterocycles. The fourth-order valence-corrected chi connectivity index (χ4v) is 4.63. The number of allylic oxidation sites excluding steroid dienone is 3. The molecule has 1 aliphatic carbocycles. The van der Waals surface area contributed by atoms with E-state index in [9.17, 15) is 0 Å². The van der Waals surface area contributed by atoms with E-state index in [1.54, 1.807) is 0 Å². The van der Waals surface area contributed by atoms with Crippen molar-refractivity contribution in [3.05, 3.63) is 71.0 Å². The summed E-state index contributed by atoms with van der Waals surface area (Å²) in [7, 11) is 1.88. The van der Waals surface area contributed by atoms with Crippen LogP contribution in [-0.4, -0.2) is 29.3 Å². The molecule has 1 atom stereocenters. The lowest BCUT2D eigenvalue weighted by Crippen LogP contribution is -2.26. The number of rotatable bonds is 12. The number of nitrogens with zero attached hydrogens (tertiary/aromatic N) is 2. The quantitative estimate of drug-likeness (QED) is 0.141. The van der Waals surface area contributed by atoms with Crippen LogP contribution < -0.4 is 21.3 Å². The Morgan fingerprint density at radius 1 is 1.20 bits per heavy atom. The van der Waals surface area contributed by atoms with Gasteiger partial charge in [0.15, 0.2) is 0 Å². The maximum Gasteiger partial charge on any atom is 0.140 e. The number of hydrogen-bond acceptors (Lipinski definition) is 7. The molecule has 0 amide bonds. The van der Waals surface area contributed by atoms with Gasteiger partial charge in [0.2, 0.25) is 0 Å². The molecular formula is C28H40N6O. The van der Waals surface area contributed by atoms with Gasteiger partial charge in [-0.3, -0.25) is 10.8 Å². The van der Waals surface area contributed by atoms with Crippen LogP contribution >= 0.6 is 0 Å². The number of nitrogens with one attached hydrogen (secondary N) is 3. The highest BCUT2D eigenvalue weighted by Gasteiger charge is 2.17. The highest BCUT2D eigenvalue weighted by Crippen LogP contribution is 2.27. The van der Waals surface area contributed by atoms with Gasteiger partial charge in [-0.15, -0.1) is 0 Å².